The number of sulfonamides is 1. The lowest BCUT2D eigenvalue weighted by molar-refractivity contribution is 0.000339. The average Bonchev–Trinajstić information content (AvgIpc) is 2.16. The van der Waals surface area contributed by atoms with E-state index in [0.29, 0.717) is 18.7 Å². The number of primary sulfonamides is 1. The summed E-state index contributed by atoms with van der Waals surface area (Å²) in [6, 6.07) is 0.366. The highest BCUT2D eigenvalue weighted by atomic mass is 32.2. The van der Waals surface area contributed by atoms with Crippen LogP contribution in [0.25, 0.3) is 0 Å². The van der Waals surface area contributed by atoms with E-state index >= 15 is 0 Å². The summed E-state index contributed by atoms with van der Waals surface area (Å²) < 4.78 is 26.9. The summed E-state index contributed by atoms with van der Waals surface area (Å²) in [7, 11) is -3.34. The van der Waals surface area contributed by atoms with Crippen molar-refractivity contribution in [3.63, 3.8) is 0 Å². The molecule has 0 bridgehead atoms. The van der Waals surface area contributed by atoms with Crippen LogP contribution in [0.3, 0.4) is 0 Å². The molecule has 90 valence electrons. The molecule has 1 saturated heterocycles. The molecule has 3 N–H and O–H groups in total. The van der Waals surface area contributed by atoms with E-state index in [1.807, 2.05) is 0 Å². The summed E-state index contributed by atoms with van der Waals surface area (Å²) in [4.78, 5) is 0. The molecule has 1 aliphatic rings. The molecule has 1 fully saturated rings. The summed E-state index contributed by atoms with van der Waals surface area (Å²) >= 11 is 0. The van der Waals surface area contributed by atoms with Crippen molar-refractivity contribution in [3.05, 3.63) is 0 Å². The number of rotatable bonds is 5. The zero-order chi connectivity index (χ0) is 11.3. The fraction of sp³-hybridized carbons (Fsp3) is 1.00. The second kappa shape index (κ2) is 5.79. The molecule has 1 rings (SSSR count). The van der Waals surface area contributed by atoms with Gasteiger partial charge in [-0.25, -0.2) is 13.6 Å². The van der Waals surface area contributed by atoms with Gasteiger partial charge in [0.1, 0.15) is 0 Å². The van der Waals surface area contributed by atoms with Crippen molar-refractivity contribution in [1.82, 2.24) is 5.32 Å². The Morgan fingerprint density at radius 1 is 1.53 bits per heavy atom. The highest BCUT2D eigenvalue weighted by Crippen LogP contribution is 2.15. The normalized spacial score (nSPS) is 27.9. The fourth-order valence-corrected chi connectivity index (χ4v) is 2.16. The summed E-state index contributed by atoms with van der Waals surface area (Å²) in [5.41, 5.74) is 0. The molecule has 0 saturated carbocycles. The maximum atomic E-state index is 10.7. The molecule has 5 nitrogen and oxygen atoms in total. The van der Waals surface area contributed by atoms with E-state index in [-0.39, 0.29) is 5.75 Å². The molecule has 15 heavy (non-hydrogen) atoms. The van der Waals surface area contributed by atoms with Crippen molar-refractivity contribution in [1.29, 1.82) is 0 Å². The van der Waals surface area contributed by atoms with Crippen molar-refractivity contribution in [2.24, 2.45) is 5.14 Å². The van der Waals surface area contributed by atoms with Crippen LogP contribution in [-0.2, 0) is 14.8 Å². The third-order valence-corrected chi connectivity index (χ3v) is 3.42. The Bertz CT molecular complexity index is 279. The highest BCUT2D eigenvalue weighted by Gasteiger charge is 2.20. The van der Waals surface area contributed by atoms with Crippen LogP contribution in [-0.4, -0.2) is 39.5 Å². The van der Waals surface area contributed by atoms with E-state index in [1.54, 1.807) is 0 Å². The standard InChI is InChI=1S/C9H20N2O3S/c1-2-9-7-8(3-5-14-9)11-4-6-15(10,12)13/h8-9,11H,2-7H2,1H3,(H2,10,12,13). The lowest BCUT2D eigenvalue weighted by Crippen LogP contribution is -2.41. The molecule has 2 unspecified atom stereocenters. The largest absolute Gasteiger partial charge is 0.378 e. The summed E-state index contributed by atoms with van der Waals surface area (Å²) in [5, 5.41) is 8.12. The minimum atomic E-state index is -3.34. The van der Waals surface area contributed by atoms with Crippen LogP contribution < -0.4 is 10.5 Å². The number of hydrogen-bond acceptors (Lipinski definition) is 4. The van der Waals surface area contributed by atoms with E-state index in [4.69, 9.17) is 9.88 Å². The number of nitrogens with one attached hydrogen (secondary N) is 1. The van der Waals surface area contributed by atoms with E-state index in [2.05, 4.69) is 12.2 Å². The SMILES string of the molecule is CCC1CC(NCCS(N)(=O)=O)CCO1. The molecule has 1 heterocycles. The van der Waals surface area contributed by atoms with Gasteiger partial charge < -0.3 is 10.1 Å². The van der Waals surface area contributed by atoms with Gasteiger partial charge >= 0.3 is 0 Å². The molecule has 0 aliphatic carbocycles. The van der Waals surface area contributed by atoms with E-state index in [9.17, 15) is 8.42 Å². The van der Waals surface area contributed by atoms with Crippen LogP contribution in [0, 0.1) is 0 Å². The first-order valence-corrected chi connectivity index (χ1v) is 7.08. The summed E-state index contributed by atoms with van der Waals surface area (Å²) in [5.74, 6) is 0.00114. The number of ether oxygens (including phenoxy) is 1. The van der Waals surface area contributed by atoms with Gasteiger partial charge in [-0.3, -0.25) is 0 Å². The van der Waals surface area contributed by atoms with Crippen LogP contribution in [0.5, 0.6) is 0 Å². The van der Waals surface area contributed by atoms with Crippen LogP contribution >= 0.6 is 0 Å². The van der Waals surface area contributed by atoms with Crippen LogP contribution in [0.1, 0.15) is 26.2 Å². The van der Waals surface area contributed by atoms with Gasteiger partial charge in [-0.1, -0.05) is 6.92 Å². The second-order valence-electron chi connectivity index (χ2n) is 3.94. The molecule has 6 heteroatoms. The first kappa shape index (κ1) is 12.9. The van der Waals surface area contributed by atoms with Crippen LogP contribution in [0.15, 0.2) is 0 Å². The maximum Gasteiger partial charge on any atom is 0.210 e. The molecule has 0 amide bonds. The first-order chi connectivity index (χ1) is 7.01. The molecule has 0 radical (unpaired) electrons. The smallest absolute Gasteiger partial charge is 0.210 e. The van der Waals surface area contributed by atoms with Gasteiger partial charge in [-0.2, -0.15) is 0 Å². The summed E-state index contributed by atoms with van der Waals surface area (Å²) in [6.07, 6.45) is 3.22. The Labute approximate surface area is 91.4 Å². The van der Waals surface area contributed by atoms with Gasteiger partial charge in [0.2, 0.25) is 10.0 Å². The molecule has 0 aromatic rings. The minimum absolute atomic E-state index is 0.00114. The predicted molar refractivity (Wildman–Crippen MR) is 59.0 cm³/mol. The Morgan fingerprint density at radius 3 is 2.87 bits per heavy atom. The predicted octanol–water partition coefficient (Wildman–Crippen LogP) is -0.178. The van der Waals surface area contributed by atoms with Crippen molar-refractivity contribution in [2.45, 2.75) is 38.3 Å². The highest BCUT2D eigenvalue weighted by molar-refractivity contribution is 7.89. The average molecular weight is 236 g/mol. The topological polar surface area (TPSA) is 81.4 Å². The van der Waals surface area contributed by atoms with E-state index in [1.165, 1.54) is 0 Å². The van der Waals surface area contributed by atoms with E-state index < -0.39 is 10.0 Å². The van der Waals surface area contributed by atoms with E-state index in [0.717, 1.165) is 25.9 Å². The Morgan fingerprint density at radius 2 is 2.27 bits per heavy atom. The van der Waals surface area contributed by atoms with Crippen LogP contribution in [0.4, 0.5) is 0 Å². The quantitative estimate of drug-likeness (QED) is 0.694. The monoisotopic (exact) mass is 236 g/mol. The molecule has 1 aliphatic heterocycles. The fourth-order valence-electron chi connectivity index (χ4n) is 1.76. The Hall–Kier alpha value is -0.170. The van der Waals surface area contributed by atoms with Crippen molar-refractivity contribution >= 4 is 10.0 Å². The second-order valence-corrected chi connectivity index (χ2v) is 5.68. The van der Waals surface area contributed by atoms with Gasteiger partial charge in [0.15, 0.2) is 0 Å². The zero-order valence-corrected chi connectivity index (χ0v) is 9.92. The Balaban J connectivity index is 2.21. The van der Waals surface area contributed by atoms with Gasteiger partial charge in [-0.15, -0.1) is 0 Å². The third kappa shape index (κ3) is 5.46. The lowest BCUT2D eigenvalue weighted by atomic mass is 10.0. The van der Waals surface area contributed by atoms with Gasteiger partial charge in [0.05, 0.1) is 11.9 Å². The molecule has 0 aromatic heterocycles. The zero-order valence-electron chi connectivity index (χ0n) is 9.11. The lowest BCUT2D eigenvalue weighted by Gasteiger charge is -2.29. The molecule has 2 atom stereocenters. The van der Waals surface area contributed by atoms with Gasteiger partial charge in [0.25, 0.3) is 0 Å². The first-order valence-electron chi connectivity index (χ1n) is 5.36. The van der Waals surface area contributed by atoms with Crippen LogP contribution in [0.2, 0.25) is 0 Å². The van der Waals surface area contributed by atoms with Gasteiger partial charge in [0, 0.05) is 19.2 Å². The number of nitrogens with two attached hydrogens (primary N) is 1. The molecule has 0 spiro atoms. The minimum Gasteiger partial charge on any atom is -0.378 e. The maximum absolute atomic E-state index is 10.7. The van der Waals surface area contributed by atoms with Crippen molar-refractivity contribution < 1.29 is 13.2 Å². The number of hydrogen-bond donors (Lipinski definition) is 2. The molecule has 0 aromatic carbocycles. The summed E-state index contributed by atoms with van der Waals surface area (Å²) in [6.45, 7) is 3.28. The van der Waals surface area contributed by atoms with Crippen molar-refractivity contribution in [2.75, 3.05) is 18.9 Å². The van der Waals surface area contributed by atoms with Gasteiger partial charge in [-0.05, 0) is 19.3 Å². The molecular formula is C9H20N2O3S. The van der Waals surface area contributed by atoms with Crippen molar-refractivity contribution in [3.8, 4) is 0 Å². The molecular weight excluding hydrogens is 216 g/mol. The third-order valence-electron chi connectivity index (χ3n) is 2.64. The Kier molecular flexibility index (Phi) is 4.98.